The third kappa shape index (κ3) is 2.55. The molecule has 2 aromatic heterocycles. The van der Waals surface area contributed by atoms with Crippen LogP contribution < -0.4 is 0 Å². The third-order valence-electron chi connectivity index (χ3n) is 3.87. The molecule has 1 amide bonds. The van der Waals surface area contributed by atoms with Crippen LogP contribution in [0.1, 0.15) is 10.5 Å². The van der Waals surface area contributed by atoms with Gasteiger partial charge in [0.1, 0.15) is 12.0 Å². The van der Waals surface area contributed by atoms with E-state index in [0.29, 0.717) is 37.6 Å². The number of carbonyl (C=O) groups is 1. The highest BCUT2D eigenvalue weighted by molar-refractivity contribution is 5.94. The average Bonchev–Trinajstić information content (AvgIpc) is 3.10. The van der Waals surface area contributed by atoms with Gasteiger partial charge in [0.15, 0.2) is 5.65 Å². The van der Waals surface area contributed by atoms with Crippen LogP contribution in [0.25, 0.3) is 16.8 Å². The molecular weight excluding hydrogens is 294 g/mol. The molecule has 1 aliphatic heterocycles. The maximum atomic E-state index is 12.7. The summed E-state index contributed by atoms with van der Waals surface area (Å²) in [6, 6.07) is 11.6. The Morgan fingerprint density at radius 3 is 2.70 bits per heavy atom. The molecule has 116 valence electrons. The number of benzene rings is 1. The number of ether oxygens (including phenoxy) is 1. The number of morpholine rings is 1. The van der Waals surface area contributed by atoms with E-state index < -0.39 is 0 Å². The normalized spacial score (nSPS) is 15.0. The van der Waals surface area contributed by atoms with Gasteiger partial charge < -0.3 is 9.64 Å². The van der Waals surface area contributed by atoms with Crippen molar-refractivity contribution in [1.29, 1.82) is 0 Å². The van der Waals surface area contributed by atoms with Gasteiger partial charge in [0, 0.05) is 18.7 Å². The number of hydrogen-bond donors (Lipinski definition) is 0. The van der Waals surface area contributed by atoms with Crippen LogP contribution in [0.4, 0.5) is 0 Å². The number of aromatic nitrogens is 4. The fourth-order valence-electron chi connectivity index (χ4n) is 2.69. The van der Waals surface area contributed by atoms with Gasteiger partial charge in [-0.1, -0.05) is 30.3 Å². The van der Waals surface area contributed by atoms with Gasteiger partial charge in [-0.15, -0.1) is 10.2 Å². The van der Waals surface area contributed by atoms with Gasteiger partial charge in [-0.05, 0) is 11.6 Å². The average molecular weight is 309 g/mol. The summed E-state index contributed by atoms with van der Waals surface area (Å²) in [6.45, 7) is 2.29. The largest absolute Gasteiger partial charge is 0.378 e. The van der Waals surface area contributed by atoms with Crippen molar-refractivity contribution in [3.63, 3.8) is 0 Å². The molecule has 1 aliphatic rings. The molecule has 0 atom stereocenters. The molecule has 0 saturated carbocycles. The number of nitrogens with zero attached hydrogens (tertiary/aromatic N) is 5. The van der Waals surface area contributed by atoms with Crippen LogP contribution in [-0.2, 0) is 4.74 Å². The zero-order valence-electron chi connectivity index (χ0n) is 12.4. The molecule has 0 radical (unpaired) electrons. The monoisotopic (exact) mass is 309 g/mol. The first-order valence-corrected chi connectivity index (χ1v) is 7.46. The first-order chi connectivity index (χ1) is 11.3. The molecule has 0 N–H and O–H groups in total. The van der Waals surface area contributed by atoms with Gasteiger partial charge >= 0.3 is 0 Å². The van der Waals surface area contributed by atoms with Crippen molar-refractivity contribution >= 4 is 11.6 Å². The minimum atomic E-state index is -0.0962. The van der Waals surface area contributed by atoms with Crippen LogP contribution in [0.15, 0.2) is 42.7 Å². The number of rotatable bonds is 2. The smallest absolute Gasteiger partial charge is 0.274 e. The number of fused-ring (bicyclic) bond motifs is 1. The van der Waals surface area contributed by atoms with Gasteiger partial charge in [0.25, 0.3) is 5.91 Å². The number of hydrogen-bond acceptors (Lipinski definition) is 5. The summed E-state index contributed by atoms with van der Waals surface area (Å²) in [5.74, 6) is -0.0962. The number of amides is 1. The van der Waals surface area contributed by atoms with Gasteiger partial charge in [-0.2, -0.15) is 9.61 Å². The van der Waals surface area contributed by atoms with Gasteiger partial charge in [-0.3, -0.25) is 4.79 Å². The Morgan fingerprint density at radius 2 is 1.91 bits per heavy atom. The summed E-state index contributed by atoms with van der Waals surface area (Å²) >= 11 is 0. The van der Waals surface area contributed by atoms with Crippen molar-refractivity contribution in [3.8, 4) is 11.1 Å². The molecule has 1 saturated heterocycles. The Hall–Kier alpha value is -2.80. The molecule has 3 aromatic rings. The molecule has 0 spiro atoms. The molecule has 1 fully saturated rings. The zero-order valence-corrected chi connectivity index (χ0v) is 12.4. The highest BCUT2D eigenvalue weighted by atomic mass is 16.5. The van der Waals surface area contributed by atoms with Crippen LogP contribution in [0.3, 0.4) is 0 Å². The summed E-state index contributed by atoms with van der Waals surface area (Å²) in [7, 11) is 0. The molecule has 0 aliphatic carbocycles. The van der Waals surface area contributed by atoms with E-state index in [0.717, 1.165) is 11.1 Å². The van der Waals surface area contributed by atoms with E-state index in [1.54, 1.807) is 15.5 Å². The maximum absolute atomic E-state index is 12.7. The first kappa shape index (κ1) is 13.8. The minimum absolute atomic E-state index is 0.0962. The predicted octanol–water partition coefficient (Wildman–Crippen LogP) is 1.26. The summed E-state index contributed by atoms with van der Waals surface area (Å²) < 4.78 is 6.85. The van der Waals surface area contributed by atoms with E-state index in [-0.39, 0.29) is 5.91 Å². The Balaban J connectivity index is 1.80. The summed E-state index contributed by atoms with van der Waals surface area (Å²) in [5, 5.41) is 12.4. The predicted molar refractivity (Wildman–Crippen MR) is 82.9 cm³/mol. The zero-order chi connectivity index (χ0) is 15.6. The lowest BCUT2D eigenvalue weighted by Crippen LogP contribution is -2.41. The van der Waals surface area contributed by atoms with Crippen LogP contribution in [-0.4, -0.2) is 56.9 Å². The Kier molecular flexibility index (Phi) is 3.47. The van der Waals surface area contributed by atoms with Gasteiger partial charge in [-0.25, -0.2) is 0 Å². The highest BCUT2D eigenvalue weighted by Crippen LogP contribution is 2.23. The molecule has 0 bridgehead atoms. The Labute approximate surface area is 132 Å². The van der Waals surface area contributed by atoms with Crippen LogP contribution in [0.2, 0.25) is 0 Å². The molecule has 23 heavy (non-hydrogen) atoms. The van der Waals surface area contributed by atoms with Gasteiger partial charge in [0.2, 0.25) is 0 Å². The van der Waals surface area contributed by atoms with E-state index in [9.17, 15) is 4.79 Å². The van der Waals surface area contributed by atoms with Crippen LogP contribution >= 0.6 is 0 Å². The lowest BCUT2D eigenvalue weighted by molar-refractivity contribution is 0.0298. The molecule has 0 unspecified atom stereocenters. The Bertz CT molecular complexity index is 840. The lowest BCUT2D eigenvalue weighted by Gasteiger charge is -2.26. The van der Waals surface area contributed by atoms with Gasteiger partial charge in [0.05, 0.1) is 13.2 Å². The molecule has 7 nitrogen and oxygen atoms in total. The standard InChI is InChI=1S/C16H15N5O2/c22-16(20-6-8-23-9-7-20)14-10-13(12-4-2-1-3-5-12)15-18-17-11-21(15)19-14/h1-5,10-11H,6-9H2. The Morgan fingerprint density at radius 1 is 1.13 bits per heavy atom. The van der Waals surface area contributed by atoms with Crippen molar-refractivity contribution in [1.82, 2.24) is 24.7 Å². The van der Waals surface area contributed by atoms with E-state index in [1.807, 2.05) is 30.3 Å². The number of carbonyl (C=O) groups excluding carboxylic acids is 1. The lowest BCUT2D eigenvalue weighted by atomic mass is 10.1. The maximum Gasteiger partial charge on any atom is 0.274 e. The molecular formula is C16H15N5O2. The molecule has 3 heterocycles. The van der Waals surface area contributed by atoms with E-state index in [1.165, 1.54) is 6.33 Å². The molecule has 4 rings (SSSR count). The second-order valence-electron chi connectivity index (χ2n) is 5.31. The van der Waals surface area contributed by atoms with Crippen LogP contribution in [0.5, 0.6) is 0 Å². The minimum Gasteiger partial charge on any atom is -0.378 e. The summed E-state index contributed by atoms with van der Waals surface area (Å²) in [6.07, 6.45) is 1.51. The third-order valence-corrected chi connectivity index (χ3v) is 3.87. The highest BCUT2D eigenvalue weighted by Gasteiger charge is 2.22. The van der Waals surface area contributed by atoms with E-state index in [4.69, 9.17) is 4.74 Å². The van der Waals surface area contributed by atoms with E-state index in [2.05, 4.69) is 15.3 Å². The topological polar surface area (TPSA) is 72.6 Å². The SMILES string of the molecule is O=C(c1cc(-c2ccccc2)c2nncn2n1)N1CCOCC1. The quantitative estimate of drug-likeness (QED) is 0.712. The van der Waals surface area contributed by atoms with Crippen molar-refractivity contribution in [2.24, 2.45) is 0 Å². The second-order valence-corrected chi connectivity index (χ2v) is 5.31. The van der Waals surface area contributed by atoms with E-state index >= 15 is 0 Å². The van der Waals surface area contributed by atoms with Crippen molar-refractivity contribution in [2.45, 2.75) is 0 Å². The van der Waals surface area contributed by atoms with Crippen molar-refractivity contribution < 1.29 is 9.53 Å². The van der Waals surface area contributed by atoms with Crippen LogP contribution in [0, 0.1) is 0 Å². The summed E-state index contributed by atoms with van der Waals surface area (Å²) in [4.78, 5) is 14.5. The fourth-order valence-corrected chi connectivity index (χ4v) is 2.69. The molecule has 1 aromatic carbocycles. The van der Waals surface area contributed by atoms with Crippen molar-refractivity contribution in [3.05, 3.63) is 48.4 Å². The van der Waals surface area contributed by atoms with Crippen molar-refractivity contribution in [2.75, 3.05) is 26.3 Å². The second kappa shape index (κ2) is 5.77. The summed E-state index contributed by atoms with van der Waals surface area (Å²) in [5.41, 5.74) is 2.84. The molecule has 7 heteroatoms. The fraction of sp³-hybridized carbons (Fsp3) is 0.250. The first-order valence-electron chi connectivity index (χ1n) is 7.46.